The Morgan fingerprint density at radius 1 is 1.14 bits per heavy atom. The van der Waals surface area contributed by atoms with E-state index in [1.54, 1.807) is 0 Å². The third-order valence-corrected chi connectivity index (χ3v) is 5.31. The van der Waals surface area contributed by atoms with Crippen LogP contribution in [0.25, 0.3) is 0 Å². The standard InChI is InChI=1S/C17H21NO3/c19-15(18-14-4-2-1-3-5-14)21-17-9-12-6-13(10-17)8-16(20,7-12)11-17/h1-5,12-13,20H,6-11H2,(H,18,19)/t12-,13+,16?,17?. The van der Waals surface area contributed by atoms with Gasteiger partial charge in [0.25, 0.3) is 0 Å². The van der Waals surface area contributed by atoms with E-state index in [9.17, 15) is 9.90 Å². The van der Waals surface area contributed by atoms with E-state index < -0.39 is 17.3 Å². The van der Waals surface area contributed by atoms with Crippen LogP contribution in [0.4, 0.5) is 10.5 Å². The molecule has 1 aromatic carbocycles. The topological polar surface area (TPSA) is 58.6 Å². The number of hydrogen-bond acceptors (Lipinski definition) is 3. The first-order valence-electron chi connectivity index (χ1n) is 7.82. The highest BCUT2D eigenvalue weighted by Crippen LogP contribution is 2.58. The van der Waals surface area contributed by atoms with Crippen molar-refractivity contribution in [2.45, 2.75) is 49.7 Å². The fourth-order valence-electron chi connectivity index (χ4n) is 5.11. The van der Waals surface area contributed by atoms with Gasteiger partial charge < -0.3 is 9.84 Å². The highest BCUT2D eigenvalue weighted by Gasteiger charge is 2.59. The highest BCUT2D eigenvalue weighted by molar-refractivity contribution is 5.84. The molecule has 4 aliphatic carbocycles. The molecule has 1 aromatic rings. The molecule has 0 radical (unpaired) electrons. The van der Waals surface area contributed by atoms with Crippen molar-refractivity contribution >= 4 is 11.8 Å². The molecule has 21 heavy (non-hydrogen) atoms. The van der Waals surface area contributed by atoms with Crippen molar-refractivity contribution in [3.05, 3.63) is 30.3 Å². The van der Waals surface area contributed by atoms with Crippen LogP contribution in [0.1, 0.15) is 38.5 Å². The third kappa shape index (κ3) is 2.42. The second kappa shape index (κ2) is 4.47. The molecule has 4 saturated carbocycles. The average molecular weight is 287 g/mol. The van der Waals surface area contributed by atoms with Crippen LogP contribution in [0.3, 0.4) is 0 Å². The van der Waals surface area contributed by atoms with Crippen molar-refractivity contribution in [2.75, 3.05) is 5.32 Å². The van der Waals surface area contributed by atoms with E-state index in [0.717, 1.165) is 31.4 Å². The minimum absolute atomic E-state index is 0.397. The van der Waals surface area contributed by atoms with Crippen LogP contribution in [0.2, 0.25) is 0 Å². The van der Waals surface area contributed by atoms with Crippen molar-refractivity contribution in [3.63, 3.8) is 0 Å². The van der Waals surface area contributed by atoms with Gasteiger partial charge in [-0.1, -0.05) is 18.2 Å². The number of hydrogen-bond donors (Lipinski definition) is 2. The van der Waals surface area contributed by atoms with Gasteiger partial charge in [0.05, 0.1) is 5.60 Å². The number of ether oxygens (including phenoxy) is 1. The first kappa shape index (κ1) is 13.1. The van der Waals surface area contributed by atoms with Gasteiger partial charge in [-0.3, -0.25) is 5.32 Å². The molecule has 4 heteroatoms. The zero-order valence-electron chi connectivity index (χ0n) is 12.0. The Balaban J connectivity index is 1.48. The van der Waals surface area contributed by atoms with Crippen LogP contribution >= 0.6 is 0 Å². The second-order valence-electron chi connectivity index (χ2n) is 7.25. The van der Waals surface area contributed by atoms with Crippen LogP contribution in [0.15, 0.2) is 30.3 Å². The van der Waals surface area contributed by atoms with E-state index in [1.165, 1.54) is 6.42 Å². The maximum Gasteiger partial charge on any atom is 0.412 e. The summed E-state index contributed by atoms with van der Waals surface area (Å²) in [5.74, 6) is 1.03. The summed E-state index contributed by atoms with van der Waals surface area (Å²) >= 11 is 0. The molecule has 4 aliphatic rings. The molecule has 1 amide bonds. The fourth-order valence-corrected chi connectivity index (χ4v) is 5.11. The van der Waals surface area contributed by atoms with Gasteiger partial charge in [0.2, 0.25) is 0 Å². The molecule has 0 saturated heterocycles. The lowest BCUT2D eigenvalue weighted by Crippen LogP contribution is -2.60. The number of rotatable bonds is 2. The zero-order valence-corrected chi connectivity index (χ0v) is 12.0. The Morgan fingerprint density at radius 2 is 1.81 bits per heavy atom. The summed E-state index contributed by atoms with van der Waals surface area (Å²) in [6.07, 6.45) is 4.99. The number of amides is 1. The van der Waals surface area contributed by atoms with E-state index in [-0.39, 0.29) is 0 Å². The lowest BCUT2D eigenvalue weighted by atomic mass is 9.52. The molecule has 0 heterocycles. The van der Waals surface area contributed by atoms with Crippen LogP contribution in [0, 0.1) is 11.8 Å². The van der Waals surface area contributed by atoms with Crippen molar-refractivity contribution in [1.82, 2.24) is 0 Å². The van der Waals surface area contributed by atoms with E-state index in [4.69, 9.17) is 4.74 Å². The molecule has 4 nitrogen and oxygen atoms in total. The molecule has 112 valence electrons. The number of carbonyl (C=O) groups is 1. The molecule has 0 spiro atoms. The second-order valence-corrected chi connectivity index (χ2v) is 7.25. The first-order valence-corrected chi connectivity index (χ1v) is 7.82. The van der Waals surface area contributed by atoms with E-state index in [2.05, 4.69) is 5.32 Å². The van der Waals surface area contributed by atoms with Crippen molar-refractivity contribution in [2.24, 2.45) is 11.8 Å². The molecular formula is C17H21NO3. The van der Waals surface area contributed by atoms with Gasteiger partial charge in [-0.05, 0) is 56.1 Å². The summed E-state index contributed by atoms with van der Waals surface area (Å²) in [5.41, 5.74) is -0.305. The molecule has 4 fully saturated rings. The van der Waals surface area contributed by atoms with Gasteiger partial charge >= 0.3 is 6.09 Å². The Labute approximate surface area is 124 Å². The van der Waals surface area contributed by atoms with Crippen molar-refractivity contribution in [3.8, 4) is 0 Å². The molecule has 2 unspecified atom stereocenters. The van der Waals surface area contributed by atoms with Crippen LogP contribution in [-0.2, 0) is 4.74 Å². The predicted octanol–water partition coefficient (Wildman–Crippen LogP) is 3.32. The summed E-state index contributed by atoms with van der Waals surface area (Å²) in [7, 11) is 0. The number of carbonyl (C=O) groups excluding carboxylic acids is 1. The number of anilines is 1. The Bertz CT molecular complexity index is 542. The molecule has 2 N–H and O–H groups in total. The fraction of sp³-hybridized carbons (Fsp3) is 0.588. The van der Waals surface area contributed by atoms with Gasteiger partial charge in [-0.25, -0.2) is 4.79 Å². The molecule has 4 bridgehead atoms. The SMILES string of the molecule is O=C(Nc1ccccc1)OC12C[C@@H]3C[C@@H](CC(O)(C3)C1)C2. The quantitative estimate of drug-likeness (QED) is 0.877. The maximum absolute atomic E-state index is 12.2. The van der Waals surface area contributed by atoms with E-state index in [1.807, 2.05) is 30.3 Å². The summed E-state index contributed by atoms with van der Waals surface area (Å²) < 4.78 is 5.81. The third-order valence-electron chi connectivity index (χ3n) is 5.31. The average Bonchev–Trinajstić information content (AvgIpc) is 2.35. The van der Waals surface area contributed by atoms with Gasteiger partial charge in [0.1, 0.15) is 5.60 Å². The summed E-state index contributed by atoms with van der Waals surface area (Å²) in [6, 6.07) is 9.35. The molecule has 0 aromatic heterocycles. The smallest absolute Gasteiger partial charge is 0.412 e. The molecular weight excluding hydrogens is 266 g/mol. The Morgan fingerprint density at radius 3 is 2.43 bits per heavy atom. The summed E-state index contributed by atoms with van der Waals surface area (Å²) in [6.45, 7) is 0. The maximum atomic E-state index is 12.2. The van der Waals surface area contributed by atoms with Gasteiger partial charge in [-0.15, -0.1) is 0 Å². The number of nitrogens with one attached hydrogen (secondary N) is 1. The summed E-state index contributed by atoms with van der Waals surface area (Å²) in [4.78, 5) is 12.2. The van der Waals surface area contributed by atoms with E-state index >= 15 is 0 Å². The normalized spacial score (nSPS) is 40.0. The van der Waals surface area contributed by atoms with Crippen molar-refractivity contribution in [1.29, 1.82) is 0 Å². The summed E-state index contributed by atoms with van der Waals surface area (Å²) in [5, 5.41) is 13.4. The zero-order chi connectivity index (χ0) is 14.5. The number of benzene rings is 1. The molecule has 0 aliphatic heterocycles. The first-order chi connectivity index (χ1) is 10.0. The van der Waals surface area contributed by atoms with E-state index in [0.29, 0.717) is 18.3 Å². The monoisotopic (exact) mass is 287 g/mol. The molecule has 4 atom stereocenters. The van der Waals surface area contributed by atoms with Crippen molar-refractivity contribution < 1.29 is 14.6 Å². The van der Waals surface area contributed by atoms with Crippen LogP contribution in [0.5, 0.6) is 0 Å². The minimum Gasteiger partial charge on any atom is -0.443 e. The highest BCUT2D eigenvalue weighted by atomic mass is 16.6. The Kier molecular flexibility index (Phi) is 2.80. The number of aliphatic hydroxyl groups is 1. The van der Waals surface area contributed by atoms with Gasteiger partial charge in [0, 0.05) is 12.1 Å². The van der Waals surface area contributed by atoms with Gasteiger partial charge in [0.15, 0.2) is 0 Å². The lowest BCUT2D eigenvalue weighted by Gasteiger charge is -2.59. The van der Waals surface area contributed by atoms with Gasteiger partial charge in [-0.2, -0.15) is 0 Å². The largest absolute Gasteiger partial charge is 0.443 e. The molecule has 5 rings (SSSR count). The predicted molar refractivity (Wildman–Crippen MR) is 78.9 cm³/mol. The lowest BCUT2D eigenvalue weighted by molar-refractivity contribution is -0.196. The minimum atomic E-state index is -0.600. The van der Waals surface area contributed by atoms with Crippen LogP contribution < -0.4 is 5.32 Å². The van der Waals surface area contributed by atoms with Crippen LogP contribution in [-0.4, -0.2) is 22.4 Å². The Hall–Kier alpha value is -1.55. The number of para-hydroxylation sites is 1.